The van der Waals surface area contributed by atoms with Gasteiger partial charge in [-0.2, -0.15) is 0 Å². The maximum atomic E-state index is 11.5. The van der Waals surface area contributed by atoms with E-state index in [1.807, 2.05) is 13.8 Å². The van der Waals surface area contributed by atoms with Gasteiger partial charge in [-0.1, -0.05) is 13.8 Å². The normalized spacial score (nSPS) is 11.6. The zero-order valence-corrected chi connectivity index (χ0v) is 11.9. The third-order valence-electron chi connectivity index (χ3n) is 2.37. The summed E-state index contributed by atoms with van der Waals surface area (Å²) in [5.41, 5.74) is 0.563. The number of rotatable bonds is 5. The maximum Gasteiger partial charge on any atom is 0.261 e. The van der Waals surface area contributed by atoms with Crippen molar-refractivity contribution in [2.24, 2.45) is 5.92 Å². The molecular formula is C12H16ClNO3S. The van der Waals surface area contributed by atoms with Crippen LogP contribution in [0.5, 0.6) is 0 Å². The van der Waals surface area contributed by atoms with Crippen LogP contribution in [0.2, 0.25) is 0 Å². The molecule has 0 saturated carbocycles. The average molecular weight is 290 g/mol. The summed E-state index contributed by atoms with van der Waals surface area (Å²) < 4.78 is 22.0. The van der Waals surface area contributed by atoms with E-state index in [0.717, 1.165) is 6.42 Å². The summed E-state index contributed by atoms with van der Waals surface area (Å²) >= 11 is 0. The van der Waals surface area contributed by atoms with Gasteiger partial charge in [0.1, 0.15) is 0 Å². The van der Waals surface area contributed by atoms with E-state index >= 15 is 0 Å². The van der Waals surface area contributed by atoms with E-state index in [9.17, 15) is 13.2 Å². The summed E-state index contributed by atoms with van der Waals surface area (Å²) in [6.07, 6.45) is 1.27. The lowest BCUT2D eigenvalue weighted by Crippen LogP contribution is -2.12. The Hall–Kier alpha value is -1.07. The van der Waals surface area contributed by atoms with Gasteiger partial charge in [-0.3, -0.25) is 4.79 Å². The molecule has 18 heavy (non-hydrogen) atoms. The van der Waals surface area contributed by atoms with E-state index in [1.54, 1.807) is 0 Å². The molecule has 0 saturated heterocycles. The summed E-state index contributed by atoms with van der Waals surface area (Å²) in [4.78, 5) is 11.6. The van der Waals surface area contributed by atoms with Crippen LogP contribution >= 0.6 is 10.7 Å². The first-order valence-corrected chi connectivity index (χ1v) is 7.94. The fourth-order valence-corrected chi connectivity index (χ4v) is 2.11. The lowest BCUT2D eigenvalue weighted by atomic mass is 10.1. The van der Waals surface area contributed by atoms with Crippen molar-refractivity contribution in [2.45, 2.75) is 31.6 Å². The number of hydrogen-bond donors (Lipinski definition) is 1. The monoisotopic (exact) mass is 289 g/mol. The van der Waals surface area contributed by atoms with Crippen molar-refractivity contribution >= 4 is 31.3 Å². The number of nitrogens with one attached hydrogen (secondary N) is 1. The molecule has 0 aliphatic heterocycles. The summed E-state index contributed by atoms with van der Waals surface area (Å²) in [5, 5.41) is 2.70. The van der Waals surface area contributed by atoms with Gasteiger partial charge >= 0.3 is 0 Å². The maximum absolute atomic E-state index is 11.5. The van der Waals surface area contributed by atoms with Gasteiger partial charge in [0, 0.05) is 22.8 Å². The molecule has 1 aromatic rings. The zero-order chi connectivity index (χ0) is 13.8. The fourth-order valence-electron chi connectivity index (χ4n) is 1.34. The molecule has 1 rings (SSSR count). The summed E-state index contributed by atoms with van der Waals surface area (Å²) in [6.45, 7) is 4.10. The first-order valence-electron chi connectivity index (χ1n) is 5.63. The lowest BCUT2D eigenvalue weighted by molar-refractivity contribution is -0.116. The van der Waals surface area contributed by atoms with Gasteiger partial charge in [0.05, 0.1) is 4.90 Å². The Kier molecular flexibility index (Phi) is 5.16. The van der Waals surface area contributed by atoms with E-state index in [4.69, 9.17) is 10.7 Å². The minimum Gasteiger partial charge on any atom is -0.326 e. The Bertz CT molecular complexity index is 509. The highest BCUT2D eigenvalue weighted by Gasteiger charge is 2.10. The molecule has 1 aromatic carbocycles. The van der Waals surface area contributed by atoms with Gasteiger partial charge in [0.25, 0.3) is 9.05 Å². The Morgan fingerprint density at radius 2 is 1.83 bits per heavy atom. The van der Waals surface area contributed by atoms with Gasteiger partial charge in [0.15, 0.2) is 0 Å². The van der Waals surface area contributed by atoms with Crippen molar-refractivity contribution in [2.75, 3.05) is 5.32 Å². The molecule has 100 valence electrons. The van der Waals surface area contributed by atoms with Gasteiger partial charge in [-0.05, 0) is 36.6 Å². The second-order valence-corrected chi connectivity index (χ2v) is 7.01. The molecule has 1 amide bonds. The summed E-state index contributed by atoms with van der Waals surface area (Å²) in [7, 11) is 1.48. The lowest BCUT2D eigenvalue weighted by Gasteiger charge is -2.07. The van der Waals surface area contributed by atoms with E-state index in [0.29, 0.717) is 18.0 Å². The number of carbonyl (C=O) groups excluding carboxylic acids is 1. The highest BCUT2D eigenvalue weighted by atomic mass is 35.7. The molecule has 0 heterocycles. The molecule has 0 bridgehead atoms. The smallest absolute Gasteiger partial charge is 0.261 e. The van der Waals surface area contributed by atoms with E-state index < -0.39 is 9.05 Å². The third kappa shape index (κ3) is 5.06. The standard InChI is InChI=1S/C12H16ClNO3S/c1-9(2)3-8-12(15)14-10-4-6-11(7-5-10)18(13,16)17/h4-7,9H,3,8H2,1-2H3,(H,14,15). The molecular weight excluding hydrogens is 274 g/mol. The van der Waals surface area contributed by atoms with Crippen molar-refractivity contribution in [3.8, 4) is 0 Å². The number of benzene rings is 1. The number of hydrogen-bond acceptors (Lipinski definition) is 3. The Morgan fingerprint density at radius 1 is 1.28 bits per heavy atom. The minimum absolute atomic E-state index is 0.0179. The van der Waals surface area contributed by atoms with Crippen molar-refractivity contribution < 1.29 is 13.2 Å². The van der Waals surface area contributed by atoms with Crippen molar-refractivity contribution in [1.29, 1.82) is 0 Å². The van der Waals surface area contributed by atoms with Gasteiger partial charge < -0.3 is 5.32 Å². The first-order chi connectivity index (χ1) is 8.29. The van der Waals surface area contributed by atoms with Crippen LogP contribution in [0, 0.1) is 5.92 Å². The van der Waals surface area contributed by atoms with Crippen LogP contribution in [-0.2, 0) is 13.8 Å². The highest BCUT2D eigenvalue weighted by Crippen LogP contribution is 2.18. The number of carbonyl (C=O) groups is 1. The molecule has 1 N–H and O–H groups in total. The van der Waals surface area contributed by atoms with E-state index in [1.165, 1.54) is 24.3 Å². The van der Waals surface area contributed by atoms with Gasteiger partial charge in [-0.15, -0.1) is 0 Å². The summed E-state index contributed by atoms with van der Waals surface area (Å²) in [6, 6.07) is 5.76. The molecule has 0 aliphatic rings. The zero-order valence-electron chi connectivity index (χ0n) is 10.3. The van der Waals surface area contributed by atoms with Gasteiger partial charge in [0.2, 0.25) is 5.91 Å². The van der Waals surface area contributed by atoms with Crippen LogP contribution in [-0.4, -0.2) is 14.3 Å². The van der Waals surface area contributed by atoms with Crippen LogP contribution in [0.4, 0.5) is 5.69 Å². The topological polar surface area (TPSA) is 63.2 Å². The molecule has 0 spiro atoms. The molecule has 0 unspecified atom stereocenters. The second kappa shape index (κ2) is 6.20. The molecule has 4 nitrogen and oxygen atoms in total. The van der Waals surface area contributed by atoms with Crippen LogP contribution in [0.25, 0.3) is 0 Å². The minimum atomic E-state index is -3.71. The predicted molar refractivity (Wildman–Crippen MR) is 72.2 cm³/mol. The Labute approximate surface area is 112 Å². The Morgan fingerprint density at radius 3 is 2.28 bits per heavy atom. The highest BCUT2D eigenvalue weighted by molar-refractivity contribution is 8.13. The van der Waals surface area contributed by atoms with Crippen molar-refractivity contribution in [3.05, 3.63) is 24.3 Å². The van der Waals surface area contributed by atoms with Crippen LogP contribution in [0.15, 0.2) is 29.2 Å². The van der Waals surface area contributed by atoms with Gasteiger partial charge in [-0.25, -0.2) is 8.42 Å². The average Bonchev–Trinajstić information content (AvgIpc) is 2.26. The molecule has 6 heteroatoms. The van der Waals surface area contributed by atoms with Crippen molar-refractivity contribution in [1.82, 2.24) is 0 Å². The second-order valence-electron chi connectivity index (χ2n) is 4.44. The van der Waals surface area contributed by atoms with Crippen LogP contribution < -0.4 is 5.32 Å². The molecule has 0 atom stereocenters. The predicted octanol–water partition coefficient (Wildman–Crippen LogP) is 2.99. The van der Waals surface area contributed by atoms with E-state index in [-0.39, 0.29) is 10.8 Å². The Balaban J connectivity index is 2.62. The van der Waals surface area contributed by atoms with E-state index in [2.05, 4.69) is 5.32 Å². The van der Waals surface area contributed by atoms with Crippen molar-refractivity contribution in [3.63, 3.8) is 0 Å². The molecule has 0 fully saturated rings. The molecule has 0 radical (unpaired) electrons. The summed E-state index contributed by atoms with van der Waals surface area (Å²) in [5.74, 6) is 0.393. The van der Waals surface area contributed by atoms with Crippen LogP contribution in [0.1, 0.15) is 26.7 Å². The SMILES string of the molecule is CC(C)CCC(=O)Nc1ccc(S(=O)(=O)Cl)cc1. The number of halogens is 1. The third-order valence-corrected chi connectivity index (χ3v) is 3.74. The van der Waals surface area contributed by atoms with Crippen LogP contribution in [0.3, 0.4) is 0 Å². The fraction of sp³-hybridized carbons (Fsp3) is 0.417. The first kappa shape index (κ1) is 15.0. The number of amides is 1. The number of anilines is 1. The quantitative estimate of drug-likeness (QED) is 0.848. The largest absolute Gasteiger partial charge is 0.326 e. The molecule has 0 aliphatic carbocycles. The molecule has 0 aromatic heterocycles.